The molecule has 0 saturated heterocycles. The van der Waals surface area contributed by atoms with E-state index >= 15 is 0 Å². The average molecular weight is 400 g/mol. The number of aliphatic imine (C=N–C) groups is 1. The highest BCUT2D eigenvalue weighted by molar-refractivity contribution is 14.0. The van der Waals surface area contributed by atoms with Crippen molar-refractivity contribution in [2.45, 2.75) is 32.8 Å². The third-order valence-electron chi connectivity index (χ3n) is 2.64. The molecule has 0 unspecified atom stereocenters. The van der Waals surface area contributed by atoms with Crippen molar-refractivity contribution >= 4 is 35.8 Å². The fourth-order valence-corrected chi connectivity index (χ4v) is 1.19. The number of carbonyl (C=O) groups is 1. The lowest BCUT2D eigenvalue weighted by Gasteiger charge is -2.21. The summed E-state index contributed by atoms with van der Waals surface area (Å²) in [6, 6.07) is 0. The number of rotatable bonds is 7. The van der Waals surface area contributed by atoms with Crippen LogP contribution in [0.3, 0.4) is 0 Å². The minimum absolute atomic E-state index is 0. The van der Waals surface area contributed by atoms with E-state index in [0.29, 0.717) is 25.5 Å². The number of methoxy groups -OCH3 is 1. The van der Waals surface area contributed by atoms with Gasteiger partial charge in [0.2, 0.25) is 5.91 Å². The Hall–Kier alpha value is -0.570. The Morgan fingerprint density at radius 3 is 2.35 bits per heavy atom. The summed E-state index contributed by atoms with van der Waals surface area (Å²) in [5.74, 6) is 0.805. The Morgan fingerprint density at radius 2 is 1.90 bits per heavy atom. The van der Waals surface area contributed by atoms with Gasteiger partial charge in [-0.1, -0.05) is 0 Å². The van der Waals surface area contributed by atoms with Crippen LogP contribution < -0.4 is 10.6 Å². The summed E-state index contributed by atoms with van der Waals surface area (Å²) in [7, 11) is 5.18. The van der Waals surface area contributed by atoms with Gasteiger partial charge in [0.05, 0.1) is 12.1 Å². The molecule has 2 N–H and O–H groups in total. The van der Waals surface area contributed by atoms with E-state index in [1.165, 1.54) is 0 Å². The normalized spacial score (nSPS) is 11.6. The smallest absolute Gasteiger partial charge is 0.223 e. The number of hydrogen-bond acceptors (Lipinski definition) is 3. The van der Waals surface area contributed by atoms with Crippen molar-refractivity contribution in [2.24, 2.45) is 4.99 Å². The van der Waals surface area contributed by atoms with Crippen LogP contribution in [0.4, 0.5) is 0 Å². The van der Waals surface area contributed by atoms with Crippen LogP contribution in [0, 0.1) is 0 Å². The molecule has 0 heterocycles. The molecule has 0 radical (unpaired) electrons. The number of nitrogens with zero attached hydrogens (tertiary/aromatic N) is 2. The predicted molar refractivity (Wildman–Crippen MR) is 93.8 cm³/mol. The molecule has 0 bridgehead atoms. The number of ether oxygens (including phenoxy) is 1. The zero-order valence-electron chi connectivity index (χ0n) is 13.4. The minimum Gasteiger partial charge on any atom is -0.377 e. The van der Waals surface area contributed by atoms with Crippen molar-refractivity contribution in [3.63, 3.8) is 0 Å². The molecule has 0 rings (SSSR count). The van der Waals surface area contributed by atoms with E-state index in [2.05, 4.69) is 15.6 Å². The molecule has 0 spiro atoms. The Labute approximate surface area is 139 Å². The van der Waals surface area contributed by atoms with Crippen molar-refractivity contribution in [3.8, 4) is 0 Å². The fourth-order valence-electron chi connectivity index (χ4n) is 1.19. The number of hydrogen-bond donors (Lipinski definition) is 2. The quantitative estimate of drug-likeness (QED) is 0.381. The minimum atomic E-state index is -0.290. The highest BCUT2D eigenvalue weighted by Crippen LogP contribution is 2.06. The maximum atomic E-state index is 11.5. The van der Waals surface area contributed by atoms with Crippen LogP contribution in [0.5, 0.6) is 0 Å². The Balaban J connectivity index is 0. The maximum Gasteiger partial charge on any atom is 0.223 e. The molecule has 0 aliphatic heterocycles. The van der Waals surface area contributed by atoms with Crippen LogP contribution in [-0.4, -0.2) is 63.2 Å². The van der Waals surface area contributed by atoms with Crippen molar-refractivity contribution in [1.82, 2.24) is 15.5 Å². The van der Waals surface area contributed by atoms with E-state index in [1.807, 2.05) is 20.8 Å². The molecule has 1 amide bonds. The van der Waals surface area contributed by atoms with E-state index in [1.54, 1.807) is 26.1 Å². The summed E-state index contributed by atoms with van der Waals surface area (Å²) in [6.07, 6.45) is 0.449. The zero-order valence-corrected chi connectivity index (χ0v) is 15.8. The van der Waals surface area contributed by atoms with E-state index in [4.69, 9.17) is 4.74 Å². The van der Waals surface area contributed by atoms with Crippen LogP contribution in [0.25, 0.3) is 0 Å². The summed E-state index contributed by atoms with van der Waals surface area (Å²) in [6.45, 7) is 7.87. The molecule has 0 aromatic heterocycles. The lowest BCUT2D eigenvalue weighted by Crippen LogP contribution is -2.40. The largest absolute Gasteiger partial charge is 0.377 e. The summed E-state index contributed by atoms with van der Waals surface area (Å²) in [5, 5.41) is 6.28. The molecule has 7 heteroatoms. The Kier molecular flexibility index (Phi) is 12.1. The van der Waals surface area contributed by atoms with Crippen LogP contribution in [0.15, 0.2) is 4.99 Å². The number of carbonyl (C=O) groups excluding carboxylic acids is 1. The van der Waals surface area contributed by atoms with Crippen molar-refractivity contribution in [1.29, 1.82) is 0 Å². The molecule has 0 fully saturated rings. The third-order valence-corrected chi connectivity index (χ3v) is 2.64. The number of nitrogens with one attached hydrogen (secondary N) is 2. The van der Waals surface area contributed by atoms with E-state index in [-0.39, 0.29) is 35.5 Å². The van der Waals surface area contributed by atoms with Crippen molar-refractivity contribution in [3.05, 3.63) is 0 Å². The molecule has 6 nitrogen and oxygen atoms in total. The predicted octanol–water partition coefficient (Wildman–Crippen LogP) is 1.06. The summed E-state index contributed by atoms with van der Waals surface area (Å²) in [4.78, 5) is 17.5. The lowest BCUT2D eigenvalue weighted by molar-refractivity contribution is -0.128. The molecule has 20 heavy (non-hydrogen) atoms. The number of guanidine groups is 1. The second-order valence-corrected chi connectivity index (χ2v) is 5.12. The first kappa shape index (κ1) is 21.7. The number of halogens is 1. The molecular weight excluding hydrogens is 371 g/mol. The lowest BCUT2D eigenvalue weighted by atomic mass is 10.1. The highest BCUT2D eigenvalue weighted by atomic mass is 127. The van der Waals surface area contributed by atoms with E-state index in [9.17, 15) is 4.79 Å². The van der Waals surface area contributed by atoms with Gasteiger partial charge >= 0.3 is 0 Å². The fraction of sp³-hybridized carbons (Fsp3) is 0.846. The molecule has 0 aromatic rings. The van der Waals surface area contributed by atoms with Gasteiger partial charge in [0.15, 0.2) is 5.96 Å². The van der Waals surface area contributed by atoms with Gasteiger partial charge in [-0.15, -0.1) is 24.0 Å². The Bertz CT molecular complexity index is 307. The summed E-state index contributed by atoms with van der Waals surface area (Å²) >= 11 is 0. The first-order valence-corrected chi connectivity index (χ1v) is 6.60. The topological polar surface area (TPSA) is 66.0 Å². The SMILES string of the molecule is CCNC(=NCC(C)(C)OC)NCCC(=O)N(C)C.I. The van der Waals surface area contributed by atoms with E-state index in [0.717, 1.165) is 6.54 Å². The zero-order chi connectivity index (χ0) is 14.9. The summed E-state index contributed by atoms with van der Waals surface area (Å²) < 4.78 is 5.32. The second kappa shape index (κ2) is 11.1. The Morgan fingerprint density at radius 1 is 1.30 bits per heavy atom. The maximum absolute atomic E-state index is 11.5. The van der Waals surface area contributed by atoms with Crippen LogP contribution >= 0.6 is 24.0 Å². The number of amides is 1. The molecule has 0 atom stereocenters. The van der Waals surface area contributed by atoms with Gasteiger partial charge in [-0.05, 0) is 20.8 Å². The monoisotopic (exact) mass is 400 g/mol. The van der Waals surface area contributed by atoms with Crippen molar-refractivity contribution in [2.75, 3.05) is 40.8 Å². The third kappa shape index (κ3) is 10.2. The van der Waals surface area contributed by atoms with Gasteiger partial charge in [0.1, 0.15) is 0 Å². The highest BCUT2D eigenvalue weighted by Gasteiger charge is 2.15. The van der Waals surface area contributed by atoms with E-state index < -0.39 is 0 Å². The molecule has 0 saturated carbocycles. The molecule has 0 aliphatic carbocycles. The van der Waals surface area contributed by atoms with Crippen molar-refractivity contribution < 1.29 is 9.53 Å². The molecular formula is C13H29IN4O2. The van der Waals surface area contributed by atoms with Crippen LogP contribution in [-0.2, 0) is 9.53 Å². The van der Waals surface area contributed by atoms with Gasteiger partial charge in [-0.25, -0.2) is 0 Å². The molecule has 0 aliphatic rings. The first-order chi connectivity index (χ1) is 8.82. The average Bonchev–Trinajstić information content (AvgIpc) is 2.35. The van der Waals surface area contributed by atoms with Crippen LogP contribution in [0.1, 0.15) is 27.2 Å². The van der Waals surface area contributed by atoms with Gasteiger partial charge < -0.3 is 20.3 Å². The molecule has 120 valence electrons. The standard InChI is InChI=1S/C13H28N4O2.HI/c1-7-14-12(16-10-13(2,3)19-6)15-9-8-11(18)17(4)5;/h7-10H2,1-6H3,(H2,14,15,16);1H. The summed E-state index contributed by atoms with van der Waals surface area (Å²) in [5.41, 5.74) is -0.290. The first-order valence-electron chi connectivity index (χ1n) is 6.60. The van der Waals surface area contributed by atoms with Gasteiger partial charge in [0, 0.05) is 40.7 Å². The van der Waals surface area contributed by atoms with Gasteiger partial charge in [0.25, 0.3) is 0 Å². The second-order valence-electron chi connectivity index (χ2n) is 5.12. The molecule has 0 aromatic carbocycles. The van der Waals surface area contributed by atoms with Gasteiger partial charge in [-0.2, -0.15) is 0 Å². The van der Waals surface area contributed by atoms with Gasteiger partial charge in [-0.3, -0.25) is 9.79 Å². The van der Waals surface area contributed by atoms with Crippen LogP contribution in [0.2, 0.25) is 0 Å².